The minimum atomic E-state index is -0.763. The van der Waals surface area contributed by atoms with Crippen LogP contribution >= 0.6 is 0 Å². The number of carbonyl (C=O) groups is 1. The van der Waals surface area contributed by atoms with Gasteiger partial charge in [0.05, 0.1) is 0 Å². The molecule has 96 valence electrons. The lowest BCUT2D eigenvalue weighted by molar-refractivity contribution is -0.161. The first-order chi connectivity index (χ1) is 7.85. The molecule has 0 amide bonds. The van der Waals surface area contributed by atoms with E-state index in [9.17, 15) is 4.79 Å². The largest absolute Gasteiger partial charge is 0.458 e. The second kappa shape index (κ2) is 3.98. The first-order valence-corrected chi connectivity index (χ1v) is 6.07. The summed E-state index contributed by atoms with van der Waals surface area (Å²) in [5.74, 6) is 0.666. The summed E-state index contributed by atoms with van der Waals surface area (Å²) in [4.78, 5) is 16.6. The highest BCUT2D eigenvalue weighted by Gasteiger charge is 2.50. The quantitative estimate of drug-likeness (QED) is 0.540. The Morgan fingerprint density at radius 1 is 1.59 bits per heavy atom. The molecule has 2 aliphatic rings. The number of ether oxygens (including phenoxy) is 1. The molecule has 0 aromatic heterocycles. The number of hydroxylamine groups is 1. The van der Waals surface area contributed by atoms with Crippen LogP contribution in [0.1, 0.15) is 46.5 Å². The molecule has 0 radical (unpaired) electrons. The van der Waals surface area contributed by atoms with Crippen molar-refractivity contribution in [3.63, 3.8) is 0 Å². The van der Waals surface area contributed by atoms with Crippen molar-refractivity contribution < 1.29 is 14.7 Å². The third kappa shape index (κ3) is 2.44. The van der Waals surface area contributed by atoms with Gasteiger partial charge in [0.2, 0.25) is 0 Å². The zero-order chi connectivity index (χ0) is 12.7. The Morgan fingerprint density at radius 3 is 2.88 bits per heavy atom. The van der Waals surface area contributed by atoms with Gasteiger partial charge in [-0.25, -0.2) is 4.79 Å². The number of nitrogens with zero attached hydrogens (tertiary/aromatic N) is 1. The van der Waals surface area contributed by atoms with Crippen LogP contribution in [-0.2, 0) is 9.53 Å². The Balaban J connectivity index is 2.20. The number of carbonyl (C=O) groups excluding carboxylic acids is 1. The second-order valence-electron chi connectivity index (χ2n) is 6.02. The van der Waals surface area contributed by atoms with Crippen molar-refractivity contribution in [2.45, 2.75) is 57.6 Å². The predicted molar refractivity (Wildman–Crippen MR) is 62.9 cm³/mol. The molecule has 1 saturated carbocycles. The summed E-state index contributed by atoms with van der Waals surface area (Å²) < 4.78 is 5.44. The van der Waals surface area contributed by atoms with E-state index in [4.69, 9.17) is 9.94 Å². The number of hydrogen-bond acceptors (Lipinski definition) is 5. The molecule has 2 unspecified atom stereocenters. The average molecular weight is 240 g/mol. The summed E-state index contributed by atoms with van der Waals surface area (Å²) in [6.45, 7) is 5.56. The van der Waals surface area contributed by atoms with Gasteiger partial charge in [-0.3, -0.25) is 15.7 Å². The lowest BCUT2D eigenvalue weighted by Gasteiger charge is -2.31. The highest BCUT2D eigenvalue weighted by atomic mass is 16.6. The van der Waals surface area contributed by atoms with Gasteiger partial charge in [-0.2, -0.15) is 0 Å². The third-order valence-corrected chi connectivity index (χ3v) is 3.33. The van der Waals surface area contributed by atoms with Crippen molar-refractivity contribution in [3.8, 4) is 0 Å². The number of rotatable bonds is 1. The van der Waals surface area contributed by atoms with E-state index in [1.807, 2.05) is 20.8 Å². The standard InChI is InChI=1S/C12H20N2O3/c1-11(2,3)17-10(15)12-5-4-8(7-12)6-9(13-12)14-16/h8,16H,4-7H2,1-3H3,(H,13,14). The van der Waals surface area contributed by atoms with Gasteiger partial charge in [0.15, 0.2) is 5.54 Å². The molecule has 2 rings (SSSR count). The highest BCUT2D eigenvalue weighted by molar-refractivity contribution is 5.90. The normalized spacial score (nSPS) is 32.0. The monoisotopic (exact) mass is 240 g/mol. The Bertz CT molecular complexity index is 359. The van der Waals surface area contributed by atoms with Gasteiger partial charge >= 0.3 is 5.97 Å². The van der Waals surface area contributed by atoms with E-state index >= 15 is 0 Å². The Labute approximate surface area is 101 Å². The van der Waals surface area contributed by atoms with Crippen LogP contribution in [0.5, 0.6) is 0 Å². The van der Waals surface area contributed by atoms with Crippen molar-refractivity contribution in [2.75, 3.05) is 0 Å². The highest BCUT2D eigenvalue weighted by Crippen LogP contribution is 2.44. The average Bonchev–Trinajstić information content (AvgIpc) is 2.53. The van der Waals surface area contributed by atoms with E-state index in [0.29, 0.717) is 11.8 Å². The van der Waals surface area contributed by atoms with Crippen molar-refractivity contribution >= 4 is 11.8 Å². The first-order valence-electron chi connectivity index (χ1n) is 6.07. The minimum Gasteiger partial charge on any atom is -0.458 e. The molecule has 2 atom stereocenters. The topological polar surface area (TPSA) is 70.9 Å². The van der Waals surface area contributed by atoms with Crippen molar-refractivity contribution in [3.05, 3.63) is 0 Å². The van der Waals surface area contributed by atoms with E-state index in [1.54, 1.807) is 0 Å². The summed E-state index contributed by atoms with van der Waals surface area (Å²) in [5, 5.41) is 8.95. The van der Waals surface area contributed by atoms with E-state index < -0.39 is 11.1 Å². The van der Waals surface area contributed by atoms with Crippen molar-refractivity contribution in [1.29, 1.82) is 0 Å². The van der Waals surface area contributed by atoms with Crippen LogP contribution in [-0.4, -0.2) is 28.2 Å². The predicted octanol–water partition coefficient (Wildman–Crippen LogP) is 1.65. The Morgan fingerprint density at radius 2 is 2.29 bits per heavy atom. The number of aliphatic imine (C=N–C) groups is 1. The van der Waals surface area contributed by atoms with Gasteiger partial charge in [-0.15, -0.1) is 0 Å². The number of nitrogens with one attached hydrogen (secondary N) is 1. The number of fused-ring (bicyclic) bond motifs is 2. The molecule has 0 aromatic rings. The van der Waals surface area contributed by atoms with E-state index in [0.717, 1.165) is 25.7 Å². The molecule has 0 aromatic carbocycles. The summed E-state index contributed by atoms with van der Waals surface area (Å²) in [5.41, 5.74) is 0.830. The zero-order valence-electron chi connectivity index (χ0n) is 10.6. The molecule has 17 heavy (non-hydrogen) atoms. The van der Waals surface area contributed by atoms with Crippen LogP contribution in [0.15, 0.2) is 4.99 Å². The molecule has 0 spiro atoms. The summed E-state index contributed by atoms with van der Waals surface area (Å²) in [6, 6.07) is 0. The molecule has 1 aliphatic carbocycles. The second-order valence-corrected chi connectivity index (χ2v) is 6.02. The summed E-state index contributed by atoms with van der Waals surface area (Å²) in [6.07, 6.45) is 3.15. The molecular formula is C12H20N2O3. The van der Waals surface area contributed by atoms with Crippen LogP contribution in [0.25, 0.3) is 0 Å². The van der Waals surface area contributed by atoms with Gasteiger partial charge < -0.3 is 4.74 Å². The van der Waals surface area contributed by atoms with Gasteiger partial charge in [-0.05, 0) is 46.0 Å². The van der Waals surface area contributed by atoms with Gasteiger partial charge in [0.25, 0.3) is 0 Å². The Hall–Kier alpha value is -1.10. The van der Waals surface area contributed by atoms with Gasteiger partial charge in [-0.1, -0.05) is 0 Å². The number of amidine groups is 1. The summed E-state index contributed by atoms with van der Waals surface area (Å²) >= 11 is 0. The van der Waals surface area contributed by atoms with Gasteiger partial charge in [0, 0.05) is 6.42 Å². The maximum atomic E-state index is 12.2. The van der Waals surface area contributed by atoms with E-state index in [-0.39, 0.29) is 5.97 Å². The smallest absolute Gasteiger partial charge is 0.334 e. The molecular weight excluding hydrogens is 220 g/mol. The number of esters is 1. The Kier molecular flexibility index (Phi) is 2.89. The molecule has 5 nitrogen and oxygen atoms in total. The minimum absolute atomic E-state index is 0.264. The summed E-state index contributed by atoms with van der Waals surface area (Å²) in [7, 11) is 0. The maximum Gasteiger partial charge on any atom is 0.334 e. The third-order valence-electron chi connectivity index (χ3n) is 3.33. The lowest BCUT2D eigenvalue weighted by Crippen LogP contribution is -2.44. The van der Waals surface area contributed by atoms with Crippen LogP contribution in [0.2, 0.25) is 0 Å². The molecule has 1 heterocycles. The molecule has 2 N–H and O–H groups in total. The van der Waals surface area contributed by atoms with Crippen molar-refractivity contribution in [1.82, 2.24) is 5.48 Å². The van der Waals surface area contributed by atoms with Crippen LogP contribution in [0, 0.1) is 5.92 Å². The first kappa shape index (κ1) is 12.4. The maximum absolute atomic E-state index is 12.2. The zero-order valence-corrected chi connectivity index (χ0v) is 10.6. The molecule has 1 aliphatic heterocycles. The number of hydrogen-bond donors (Lipinski definition) is 2. The van der Waals surface area contributed by atoms with Crippen LogP contribution < -0.4 is 5.48 Å². The molecule has 1 fully saturated rings. The molecule has 0 saturated heterocycles. The fraction of sp³-hybridized carbons (Fsp3) is 0.833. The lowest BCUT2D eigenvalue weighted by atomic mass is 9.91. The SMILES string of the molecule is CC(C)(C)OC(=O)C12CCC(CC(NO)=N1)C2. The molecule has 2 bridgehead atoms. The fourth-order valence-corrected chi connectivity index (χ4v) is 2.65. The van der Waals surface area contributed by atoms with Crippen LogP contribution in [0.3, 0.4) is 0 Å². The van der Waals surface area contributed by atoms with Gasteiger partial charge in [0.1, 0.15) is 11.4 Å². The van der Waals surface area contributed by atoms with E-state index in [1.165, 1.54) is 0 Å². The van der Waals surface area contributed by atoms with Crippen LogP contribution in [0.4, 0.5) is 0 Å². The van der Waals surface area contributed by atoms with E-state index in [2.05, 4.69) is 10.5 Å². The fourth-order valence-electron chi connectivity index (χ4n) is 2.65. The molecule has 5 heteroatoms. The van der Waals surface area contributed by atoms with Crippen molar-refractivity contribution in [2.24, 2.45) is 10.9 Å².